The smallest absolute Gasteiger partial charge is 0.346 e. The predicted molar refractivity (Wildman–Crippen MR) is 115 cm³/mol. The van der Waals surface area contributed by atoms with Gasteiger partial charge in [0.25, 0.3) is 11.8 Å². The van der Waals surface area contributed by atoms with Gasteiger partial charge in [-0.15, -0.1) is 0 Å². The summed E-state index contributed by atoms with van der Waals surface area (Å²) >= 11 is 0. The molecule has 184 valence electrons. The fourth-order valence-corrected chi connectivity index (χ4v) is 2.95. The van der Waals surface area contributed by atoms with E-state index in [9.17, 15) is 28.8 Å². The highest BCUT2D eigenvalue weighted by atomic mass is 16.6. The quantitative estimate of drug-likeness (QED) is 0.206. The number of imide groups is 1. The molecule has 13 heteroatoms. The van der Waals surface area contributed by atoms with E-state index in [-0.39, 0.29) is 53.1 Å². The Hall–Kier alpha value is -4.46. The molecule has 6 N–H and O–H groups in total. The Morgan fingerprint density at radius 2 is 1.20 bits per heavy atom. The van der Waals surface area contributed by atoms with Gasteiger partial charge in [0.05, 0.1) is 53.1 Å². The van der Waals surface area contributed by atoms with Crippen LogP contribution in [-0.2, 0) is 4.74 Å². The second-order valence-corrected chi connectivity index (χ2v) is 6.81. The molecule has 4 rings (SSSR count). The van der Waals surface area contributed by atoms with Crippen molar-refractivity contribution in [2.24, 2.45) is 5.73 Å². The molecule has 0 spiro atoms. The second kappa shape index (κ2) is 11.6. The lowest BCUT2D eigenvalue weighted by Gasteiger charge is -2.10. The standard InChI is InChI=1S/C11H9NO5.C9H4O5.C2H7NO/c13-4-3-12-9(14)7-2-1-6(11(16)17)5-8(7)10(12)15;10-7(11)4-1-2-5-6(3-4)9(13)14-8(5)12;3-1-2-4/h1-2,5,13H,3-4H2,(H,16,17);1-3H,(H,10,11);4H,1-3H2. The minimum absolute atomic E-state index is 0.00917. The van der Waals surface area contributed by atoms with Crippen LogP contribution in [0, 0.1) is 0 Å². The first-order valence-corrected chi connectivity index (χ1v) is 9.86. The Bertz CT molecular complexity index is 1200. The normalized spacial score (nSPS) is 13.2. The second-order valence-electron chi connectivity index (χ2n) is 6.81. The molecule has 2 amide bonds. The number of aliphatic hydroxyl groups is 2. The Morgan fingerprint density at radius 3 is 1.69 bits per heavy atom. The molecule has 0 radical (unpaired) electrons. The number of aromatic carboxylic acids is 2. The number of nitrogens with two attached hydrogens (primary N) is 1. The van der Waals surface area contributed by atoms with Crippen molar-refractivity contribution in [1.29, 1.82) is 0 Å². The van der Waals surface area contributed by atoms with E-state index >= 15 is 0 Å². The summed E-state index contributed by atoms with van der Waals surface area (Å²) < 4.78 is 4.30. The van der Waals surface area contributed by atoms with E-state index in [1.165, 1.54) is 30.3 Å². The third kappa shape index (κ3) is 5.92. The van der Waals surface area contributed by atoms with Gasteiger partial charge in [0.1, 0.15) is 0 Å². The van der Waals surface area contributed by atoms with Gasteiger partial charge in [0.15, 0.2) is 0 Å². The van der Waals surface area contributed by atoms with E-state index in [0.717, 1.165) is 11.0 Å². The lowest BCUT2D eigenvalue weighted by Crippen LogP contribution is -2.32. The lowest BCUT2D eigenvalue weighted by atomic mass is 10.1. The van der Waals surface area contributed by atoms with Crippen molar-refractivity contribution in [3.63, 3.8) is 0 Å². The number of carbonyl (C=O) groups excluding carboxylic acids is 4. The number of aliphatic hydroxyl groups excluding tert-OH is 2. The van der Waals surface area contributed by atoms with Crippen LogP contribution in [0.3, 0.4) is 0 Å². The van der Waals surface area contributed by atoms with Gasteiger partial charge in [-0.2, -0.15) is 0 Å². The van der Waals surface area contributed by atoms with E-state index < -0.39 is 35.7 Å². The number of carboxylic acid groups (broad SMARTS) is 2. The van der Waals surface area contributed by atoms with E-state index in [1.807, 2.05) is 0 Å². The summed E-state index contributed by atoms with van der Waals surface area (Å²) in [6, 6.07) is 7.42. The minimum atomic E-state index is -1.16. The van der Waals surface area contributed by atoms with E-state index in [2.05, 4.69) is 4.74 Å². The molecule has 0 saturated carbocycles. The van der Waals surface area contributed by atoms with Gasteiger partial charge in [-0.25, -0.2) is 19.2 Å². The largest absolute Gasteiger partial charge is 0.478 e. The van der Waals surface area contributed by atoms with E-state index in [1.54, 1.807) is 0 Å². The number of nitrogens with zero attached hydrogens (tertiary/aromatic N) is 1. The molecule has 2 aromatic carbocycles. The zero-order valence-electron chi connectivity index (χ0n) is 18.0. The van der Waals surface area contributed by atoms with Crippen LogP contribution in [0.5, 0.6) is 0 Å². The molecule has 0 unspecified atom stereocenters. The van der Waals surface area contributed by atoms with Crippen molar-refractivity contribution < 1.29 is 53.9 Å². The third-order valence-electron chi connectivity index (χ3n) is 4.56. The summed E-state index contributed by atoms with van der Waals surface area (Å²) in [7, 11) is 0. The highest BCUT2D eigenvalue weighted by molar-refractivity contribution is 6.22. The maximum atomic E-state index is 11.8. The molecular formula is C22H20N2O11. The number of rotatable bonds is 5. The topological polar surface area (TPSA) is 222 Å². The molecule has 2 aliphatic heterocycles. The van der Waals surface area contributed by atoms with Crippen molar-refractivity contribution >= 4 is 35.7 Å². The van der Waals surface area contributed by atoms with Gasteiger partial charge >= 0.3 is 23.9 Å². The number of carboxylic acids is 2. The molecule has 2 heterocycles. The van der Waals surface area contributed by atoms with Crippen molar-refractivity contribution in [2.75, 3.05) is 26.3 Å². The van der Waals surface area contributed by atoms with Crippen molar-refractivity contribution in [3.05, 3.63) is 69.8 Å². The number of hydrogen-bond donors (Lipinski definition) is 5. The van der Waals surface area contributed by atoms with Gasteiger partial charge in [-0.3, -0.25) is 14.5 Å². The molecule has 2 aromatic rings. The van der Waals surface area contributed by atoms with Crippen LogP contribution in [0.15, 0.2) is 36.4 Å². The molecular weight excluding hydrogens is 468 g/mol. The summed E-state index contributed by atoms with van der Waals surface area (Å²) in [6.45, 7) is 0.0615. The summed E-state index contributed by atoms with van der Waals surface area (Å²) in [5.74, 6) is -4.92. The molecule has 0 aliphatic carbocycles. The average Bonchev–Trinajstić information content (AvgIpc) is 3.26. The van der Waals surface area contributed by atoms with Crippen molar-refractivity contribution in [1.82, 2.24) is 4.90 Å². The fourth-order valence-electron chi connectivity index (χ4n) is 2.95. The molecule has 0 aromatic heterocycles. The highest BCUT2D eigenvalue weighted by Gasteiger charge is 2.35. The van der Waals surface area contributed by atoms with Crippen LogP contribution in [0.25, 0.3) is 0 Å². The van der Waals surface area contributed by atoms with Crippen LogP contribution in [0.2, 0.25) is 0 Å². The van der Waals surface area contributed by atoms with Gasteiger partial charge in [-0.1, -0.05) is 0 Å². The number of esters is 2. The van der Waals surface area contributed by atoms with Crippen LogP contribution in [0.1, 0.15) is 62.1 Å². The van der Waals surface area contributed by atoms with Crippen LogP contribution in [0.4, 0.5) is 0 Å². The number of carbonyl (C=O) groups is 6. The van der Waals surface area contributed by atoms with Crippen molar-refractivity contribution in [2.45, 2.75) is 0 Å². The Kier molecular flexibility index (Phi) is 8.88. The van der Waals surface area contributed by atoms with E-state index in [4.69, 9.17) is 26.2 Å². The first-order chi connectivity index (χ1) is 16.6. The Balaban J connectivity index is 0.000000217. The van der Waals surface area contributed by atoms with E-state index in [0.29, 0.717) is 6.54 Å². The van der Waals surface area contributed by atoms with Crippen LogP contribution < -0.4 is 5.73 Å². The predicted octanol–water partition coefficient (Wildman–Crippen LogP) is -0.394. The number of hydrogen-bond acceptors (Lipinski definition) is 10. The maximum absolute atomic E-state index is 11.8. The van der Waals surface area contributed by atoms with Crippen molar-refractivity contribution in [3.8, 4) is 0 Å². The number of cyclic esters (lactones) is 2. The van der Waals surface area contributed by atoms with Gasteiger partial charge in [0.2, 0.25) is 0 Å². The van der Waals surface area contributed by atoms with Gasteiger partial charge in [0, 0.05) is 6.54 Å². The molecule has 0 atom stereocenters. The molecule has 35 heavy (non-hydrogen) atoms. The Labute approximate surface area is 196 Å². The summed E-state index contributed by atoms with van der Waals surface area (Å²) in [5, 5.41) is 33.9. The number of fused-ring (bicyclic) bond motifs is 2. The molecule has 13 nitrogen and oxygen atoms in total. The van der Waals surface area contributed by atoms with Crippen LogP contribution >= 0.6 is 0 Å². The highest BCUT2D eigenvalue weighted by Crippen LogP contribution is 2.24. The van der Waals surface area contributed by atoms with Gasteiger partial charge < -0.3 is 30.9 Å². The minimum Gasteiger partial charge on any atom is -0.478 e. The SMILES string of the molecule is NCCO.O=C(O)c1ccc2c(c1)C(=O)N(CCO)C2=O.O=C(O)c1ccc2c(c1)C(=O)OC2=O. The Morgan fingerprint density at radius 1 is 0.743 bits per heavy atom. The first kappa shape index (κ1) is 26.8. The molecule has 0 bridgehead atoms. The zero-order valence-corrected chi connectivity index (χ0v) is 18.0. The summed E-state index contributed by atoms with van der Waals surface area (Å²) in [6.07, 6.45) is 0. The number of β-amino-alcohol motifs (C(OH)–C–C–N with tert-alkyl or cyclic N) is 1. The monoisotopic (exact) mass is 488 g/mol. The van der Waals surface area contributed by atoms with Gasteiger partial charge in [-0.05, 0) is 36.4 Å². The zero-order chi connectivity index (χ0) is 26.3. The third-order valence-corrected chi connectivity index (χ3v) is 4.56. The molecule has 2 aliphatic rings. The average molecular weight is 488 g/mol. The fraction of sp³-hybridized carbons (Fsp3) is 0.182. The number of ether oxygens (including phenoxy) is 1. The number of benzene rings is 2. The number of amides is 2. The first-order valence-electron chi connectivity index (χ1n) is 9.86. The van der Waals surface area contributed by atoms with Crippen LogP contribution in [-0.4, -0.2) is 87.3 Å². The summed E-state index contributed by atoms with van der Waals surface area (Å²) in [5.41, 5.74) is 5.05. The molecule has 0 saturated heterocycles. The summed E-state index contributed by atoms with van der Waals surface area (Å²) in [4.78, 5) is 67.7. The maximum Gasteiger partial charge on any atom is 0.346 e. The lowest BCUT2D eigenvalue weighted by molar-refractivity contribution is 0.0441. The molecule has 0 fully saturated rings.